The standard InChI is InChI=1S/C16H28N4O3S.HI/c1-5-24(21,22)20-11-10-19-16(17-3)18-9-8-14-7-6-13(2)15(12-14)23-4;/h6-7,12,20H,5,8-11H2,1-4H3,(H2,17,18,19);1H. The van der Waals surface area contributed by atoms with E-state index in [1.54, 1.807) is 21.1 Å². The number of halogens is 1. The first-order chi connectivity index (χ1) is 11.4. The van der Waals surface area contributed by atoms with Crippen LogP contribution in [-0.4, -0.2) is 53.9 Å². The van der Waals surface area contributed by atoms with Gasteiger partial charge >= 0.3 is 0 Å². The zero-order valence-electron chi connectivity index (χ0n) is 15.3. The van der Waals surface area contributed by atoms with Crippen molar-refractivity contribution in [3.63, 3.8) is 0 Å². The van der Waals surface area contributed by atoms with E-state index in [4.69, 9.17) is 4.74 Å². The Morgan fingerprint density at radius 2 is 1.88 bits per heavy atom. The summed E-state index contributed by atoms with van der Waals surface area (Å²) in [4.78, 5) is 4.11. The highest BCUT2D eigenvalue weighted by atomic mass is 127. The second kappa shape index (κ2) is 12.3. The number of guanidine groups is 1. The fourth-order valence-corrected chi connectivity index (χ4v) is 2.67. The first-order valence-electron chi connectivity index (χ1n) is 7.97. The first kappa shape index (κ1) is 23.9. The van der Waals surface area contributed by atoms with E-state index >= 15 is 0 Å². The number of methoxy groups -OCH3 is 1. The fraction of sp³-hybridized carbons (Fsp3) is 0.562. The SMILES string of the molecule is CCS(=O)(=O)NCCNC(=NC)NCCc1ccc(C)c(OC)c1.I. The predicted octanol–water partition coefficient (Wildman–Crippen LogP) is 1.27. The number of hydrogen-bond donors (Lipinski definition) is 3. The molecule has 3 N–H and O–H groups in total. The maximum Gasteiger partial charge on any atom is 0.211 e. The van der Waals surface area contributed by atoms with Crippen LogP contribution in [0.15, 0.2) is 23.2 Å². The van der Waals surface area contributed by atoms with Gasteiger partial charge in [-0.25, -0.2) is 13.1 Å². The summed E-state index contributed by atoms with van der Waals surface area (Å²) in [6.07, 6.45) is 0.833. The van der Waals surface area contributed by atoms with E-state index in [1.165, 1.54) is 5.56 Å². The third-order valence-electron chi connectivity index (χ3n) is 3.52. The molecule has 0 atom stereocenters. The van der Waals surface area contributed by atoms with Crippen molar-refractivity contribution in [1.29, 1.82) is 0 Å². The van der Waals surface area contributed by atoms with E-state index in [-0.39, 0.29) is 29.7 Å². The number of ether oxygens (including phenoxy) is 1. The molecule has 9 heteroatoms. The van der Waals surface area contributed by atoms with Gasteiger partial charge in [-0.2, -0.15) is 0 Å². The summed E-state index contributed by atoms with van der Waals surface area (Å²) in [6, 6.07) is 6.16. The number of benzene rings is 1. The van der Waals surface area contributed by atoms with Crippen molar-refractivity contribution in [2.45, 2.75) is 20.3 Å². The van der Waals surface area contributed by atoms with Gasteiger partial charge < -0.3 is 15.4 Å². The average molecular weight is 484 g/mol. The predicted molar refractivity (Wildman–Crippen MR) is 114 cm³/mol. The molecule has 0 saturated heterocycles. The van der Waals surface area contributed by atoms with Crippen molar-refractivity contribution >= 4 is 40.0 Å². The molecular weight excluding hydrogens is 455 g/mol. The van der Waals surface area contributed by atoms with Crippen molar-refractivity contribution in [1.82, 2.24) is 15.4 Å². The minimum Gasteiger partial charge on any atom is -0.496 e. The second-order valence-electron chi connectivity index (χ2n) is 5.28. The highest BCUT2D eigenvalue weighted by Gasteiger charge is 2.05. The van der Waals surface area contributed by atoms with Crippen LogP contribution in [0.5, 0.6) is 5.75 Å². The molecule has 0 spiro atoms. The Morgan fingerprint density at radius 3 is 2.48 bits per heavy atom. The summed E-state index contributed by atoms with van der Waals surface area (Å²) in [7, 11) is 0.201. The van der Waals surface area contributed by atoms with Gasteiger partial charge in [0.25, 0.3) is 0 Å². The molecule has 0 radical (unpaired) electrons. The van der Waals surface area contributed by atoms with Gasteiger partial charge in [0.1, 0.15) is 5.75 Å². The Morgan fingerprint density at radius 1 is 1.20 bits per heavy atom. The normalized spacial score (nSPS) is 11.6. The number of aryl methyl sites for hydroxylation is 1. The van der Waals surface area contributed by atoms with Crippen LogP contribution in [-0.2, 0) is 16.4 Å². The molecule has 0 aromatic heterocycles. The van der Waals surface area contributed by atoms with Gasteiger partial charge in [0.05, 0.1) is 12.9 Å². The highest BCUT2D eigenvalue weighted by molar-refractivity contribution is 14.0. The number of rotatable bonds is 9. The summed E-state index contributed by atoms with van der Waals surface area (Å²) in [5.74, 6) is 1.61. The fourth-order valence-electron chi connectivity index (χ4n) is 2.06. The zero-order chi connectivity index (χ0) is 18.0. The van der Waals surface area contributed by atoms with E-state index in [0.717, 1.165) is 17.7 Å². The lowest BCUT2D eigenvalue weighted by Gasteiger charge is -2.13. The van der Waals surface area contributed by atoms with Crippen LogP contribution in [0.25, 0.3) is 0 Å². The molecule has 144 valence electrons. The Labute approximate surface area is 168 Å². The molecule has 0 saturated carbocycles. The number of nitrogens with one attached hydrogen (secondary N) is 3. The van der Waals surface area contributed by atoms with Crippen LogP contribution >= 0.6 is 24.0 Å². The van der Waals surface area contributed by atoms with Gasteiger partial charge in [0, 0.05) is 26.7 Å². The smallest absolute Gasteiger partial charge is 0.211 e. The zero-order valence-corrected chi connectivity index (χ0v) is 18.4. The largest absolute Gasteiger partial charge is 0.496 e. The average Bonchev–Trinajstić information content (AvgIpc) is 2.58. The van der Waals surface area contributed by atoms with Crippen molar-refractivity contribution in [2.75, 3.05) is 39.5 Å². The van der Waals surface area contributed by atoms with Gasteiger partial charge in [-0.05, 0) is 37.5 Å². The number of aliphatic imine (C=N–C) groups is 1. The molecule has 1 rings (SSSR count). The Balaban J connectivity index is 0.00000576. The molecule has 0 fully saturated rings. The lowest BCUT2D eigenvalue weighted by atomic mass is 10.1. The van der Waals surface area contributed by atoms with Gasteiger partial charge in [-0.3, -0.25) is 4.99 Å². The van der Waals surface area contributed by atoms with Crippen LogP contribution in [0.4, 0.5) is 0 Å². The molecule has 0 aliphatic carbocycles. The van der Waals surface area contributed by atoms with Gasteiger partial charge in [0.15, 0.2) is 5.96 Å². The molecular formula is C16H29IN4O3S. The Kier molecular flexibility index (Phi) is 11.8. The van der Waals surface area contributed by atoms with Gasteiger partial charge in [0.2, 0.25) is 10.0 Å². The Hall–Kier alpha value is -1.07. The molecule has 0 bridgehead atoms. The molecule has 1 aromatic rings. The summed E-state index contributed by atoms with van der Waals surface area (Å²) < 4.78 is 30.5. The highest BCUT2D eigenvalue weighted by Crippen LogP contribution is 2.18. The Bertz CT molecular complexity index is 651. The molecule has 0 aliphatic heterocycles. The lowest BCUT2D eigenvalue weighted by molar-refractivity contribution is 0.411. The molecule has 0 heterocycles. The molecule has 25 heavy (non-hydrogen) atoms. The van der Waals surface area contributed by atoms with E-state index in [2.05, 4.69) is 26.4 Å². The van der Waals surface area contributed by atoms with Crippen molar-refractivity contribution in [2.24, 2.45) is 4.99 Å². The van der Waals surface area contributed by atoms with E-state index in [9.17, 15) is 8.42 Å². The van der Waals surface area contributed by atoms with Crippen LogP contribution in [0.1, 0.15) is 18.1 Å². The van der Waals surface area contributed by atoms with Crippen LogP contribution in [0.3, 0.4) is 0 Å². The summed E-state index contributed by atoms with van der Waals surface area (Å²) in [5.41, 5.74) is 2.29. The van der Waals surface area contributed by atoms with Crippen LogP contribution < -0.4 is 20.1 Å². The van der Waals surface area contributed by atoms with Crippen LogP contribution in [0, 0.1) is 6.92 Å². The van der Waals surface area contributed by atoms with E-state index in [0.29, 0.717) is 25.6 Å². The topological polar surface area (TPSA) is 91.8 Å². The molecule has 7 nitrogen and oxygen atoms in total. The molecule has 0 unspecified atom stereocenters. The lowest BCUT2D eigenvalue weighted by Crippen LogP contribution is -2.42. The third-order valence-corrected chi connectivity index (χ3v) is 4.93. The first-order valence-corrected chi connectivity index (χ1v) is 9.62. The van der Waals surface area contributed by atoms with E-state index in [1.807, 2.05) is 19.1 Å². The number of sulfonamides is 1. The van der Waals surface area contributed by atoms with Crippen LogP contribution in [0.2, 0.25) is 0 Å². The second-order valence-corrected chi connectivity index (χ2v) is 7.37. The van der Waals surface area contributed by atoms with Gasteiger partial charge in [-0.15, -0.1) is 24.0 Å². The third kappa shape index (κ3) is 9.26. The van der Waals surface area contributed by atoms with Crippen molar-refractivity contribution < 1.29 is 13.2 Å². The monoisotopic (exact) mass is 484 g/mol. The van der Waals surface area contributed by atoms with Gasteiger partial charge in [-0.1, -0.05) is 12.1 Å². The quantitative estimate of drug-likeness (QED) is 0.213. The summed E-state index contributed by atoms with van der Waals surface area (Å²) in [6.45, 7) is 5.13. The summed E-state index contributed by atoms with van der Waals surface area (Å²) in [5, 5.41) is 6.27. The minimum absolute atomic E-state index is 0. The summed E-state index contributed by atoms with van der Waals surface area (Å²) >= 11 is 0. The maximum atomic E-state index is 11.3. The molecule has 1 aromatic carbocycles. The molecule has 0 amide bonds. The molecule has 0 aliphatic rings. The number of hydrogen-bond acceptors (Lipinski definition) is 4. The maximum absolute atomic E-state index is 11.3. The van der Waals surface area contributed by atoms with Crippen molar-refractivity contribution in [3.8, 4) is 5.75 Å². The minimum atomic E-state index is -3.15. The van der Waals surface area contributed by atoms with E-state index < -0.39 is 10.0 Å². The number of nitrogens with zero attached hydrogens (tertiary/aromatic N) is 1. The van der Waals surface area contributed by atoms with Crippen molar-refractivity contribution in [3.05, 3.63) is 29.3 Å².